The van der Waals surface area contributed by atoms with Crippen molar-refractivity contribution < 1.29 is 24.2 Å². The molecule has 272 valence electrons. The molecule has 3 aromatic carbocycles. The van der Waals surface area contributed by atoms with Crippen LogP contribution in [0.3, 0.4) is 0 Å². The molecule has 6 nitrogen and oxygen atoms in total. The Bertz CT molecular complexity index is 1240. The van der Waals surface area contributed by atoms with Gasteiger partial charge in [0.05, 0.1) is 6.61 Å². The van der Waals surface area contributed by atoms with E-state index in [0.29, 0.717) is 6.61 Å². The topological polar surface area (TPSA) is 76.1 Å². The van der Waals surface area contributed by atoms with Gasteiger partial charge in [0.25, 0.3) is 0 Å². The van der Waals surface area contributed by atoms with Gasteiger partial charge in [-0.2, -0.15) is 0 Å². The quantitative estimate of drug-likeness (QED) is 0.0395. The molecular weight excluding hydrogens is 622 g/mol. The van der Waals surface area contributed by atoms with E-state index in [4.69, 9.17) is 9.47 Å². The third-order valence-electron chi connectivity index (χ3n) is 10.0. The molecule has 2 unspecified atom stereocenters. The van der Waals surface area contributed by atoms with Gasteiger partial charge in [-0.3, -0.25) is 14.5 Å². The van der Waals surface area contributed by atoms with Gasteiger partial charge in [-0.25, -0.2) is 0 Å². The van der Waals surface area contributed by atoms with Gasteiger partial charge in [0, 0.05) is 19.4 Å². The second kappa shape index (κ2) is 22.5. The molecule has 0 radical (unpaired) electrons. The van der Waals surface area contributed by atoms with Crippen LogP contribution >= 0.6 is 0 Å². The summed E-state index contributed by atoms with van der Waals surface area (Å²) in [6.07, 6.45) is 19.6. The first kappa shape index (κ1) is 39.5. The summed E-state index contributed by atoms with van der Waals surface area (Å²) >= 11 is 0. The van der Waals surface area contributed by atoms with E-state index in [1.165, 1.54) is 94.8 Å². The molecule has 3 aromatic rings. The first-order chi connectivity index (χ1) is 24.6. The lowest BCUT2D eigenvalue weighted by Gasteiger charge is -2.40. The summed E-state index contributed by atoms with van der Waals surface area (Å²) < 4.78 is 12.9. The van der Waals surface area contributed by atoms with Crippen LogP contribution in [0.2, 0.25) is 0 Å². The number of amides is 2. The van der Waals surface area contributed by atoms with Gasteiger partial charge in [0.1, 0.15) is 11.6 Å². The molecule has 50 heavy (non-hydrogen) atoms. The zero-order valence-corrected chi connectivity index (χ0v) is 30.5. The summed E-state index contributed by atoms with van der Waals surface area (Å²) in [5.41, 5.74) is 1.26. The monoisotopic (exact) mass is 683 g/mol. The molecule has 0 spiro atoms. The molecule has 0 aromatic heterocycles. The van der Waals surface area contributed by atoms with E-state index in [-0.39, 0.29) is 31.3 Å². The highest BCUT2D eigenvalue weighted by Crippen LogP contribution is 2.42. The second-order valence-corrected chi connectivity index (χ2v) is 13.9. The molecule has 1 fully saturated rings. The van der Waals surface area contributed by atoms with E-state index in [0.717, 1.165) is 29.5 Å². The Labute approximate surface area is 301 Å². The normalized spacial score (nSPS) is 14.7. The summed E-state index contributed by atoms with van der Waals surface area (Å²) in [5, 5.41) is 11.9. The van der Waals surface area contributed by atoms with Crippen molar-refractivity contribution in [3.05, 3.63) is 108 Å². The number of hydrogen-bond donors (Lipinski definition) is 1. The number of carbonyl (C=O) groups is 2. The first-order valence-corrected chi connectivity index (χ1v) is 19.5. The standard InChI is InChI=1S/C44H61NO5/c1-2-3-4-5-6-7-8-9-10-11-12-13-14-15-16-26-35-49-36-40(45-41(46)33-34-42(45)47)43(48)50-44(37-27-20-17-21-28-37,38-29-22-18-23-30-38)39-31-24-19-25-32-39/h17-25,27-32,40,43,48H,2-16,26,33-36H2,1H3. The maximum atomic E-state index is 13.0. The minimum absolute atomic E-state index is 0.00579. The fourth-order valence-electron chi connectivity index (χ4n) is 7.19. The van der Waals surface area contributed by atoms with Gasteiger partial charge in [0.15, 0.2) is 6.29 Å². The lowest BCUT2D eigenvalue weighted by Crippen LogP contribution is -2.53. The lowest BCUT2D eigenvalue weighted by molar-refractivity contribution is -0.202. The minimum Gasteiger partial charge on any atom is -0.379 e. The number of hydrogen-bond acceptors (Lipinski definition) is 5. The number of carbonyl (C=O) groups excluding carboxylic acids is 2. The number of unbranched alkanes of at least 4 members (excludes halogenated alkanes) is 15. The molecule has 4 rings (SSSR count). The average molecular weight is 684 g/mol. The fourth-order valence-corrected chi connectivity index (χ4v) is 7.19. The molecule has 0 bridgehead atoms. The molecule has 0 aliphatic carbocycles. The van der Waals surface area contributed by atoms with Crippen molar-refractivity contribution >= 4 is 11.8 Å². The van der Waals surface area contributed by atoms with E-state index in [9.17, 15) is 14.7 Å². The molecule has 1 aliphatic heterocycles. The molecule has 1 aliphatic rings. The Morgan fingerprint density at radius 2 is 0.940 bits per heavy atom. The van der Waals surface area contributed by atoms with Crippen molar-refractivity contribution in [3.8, 4) is 0 Å². The number of likely N-dealkylation sites (tertiary alicyclic amines) is 1. The van der Waals surface area contributed by atoms with Gasteiger partial charge < -0.3 is 14.6 Å². The Balaban J connectivity index is 1.29. The van der Waals surface area contributed by atoms with Crippen molar-refractivity contribution in [1.29, 1.82) is 0 Å². The van der Waals surface area contributed by atoms with Crippen molar-refractivity contribution in [1.82, 2.24) is 4.90 Å². The van der Waals surface area contributed by atoms with Crippen LogP contribution < -0.4 is 0 Å². The smallest absolute Gasteiger partial charge is 0.230 e. The summed E-state index contributed by atoms with van der Waals surface area (Å²) in [7, 11) is 0. The van der Waals surface area contributed by atoms with Crippen molar-refractivity contribution in [3.63, 3.8) is 0 Å². The molecule has 2 atom stereocenters. The summed E-state index contributed by atoms with van der Waals surface area (Å²) in [6.45, 7) is 2.78. The van der Waals surface area contributed by atoms with Crippen molar-refractivity contribution in [2.45, 2.75) is 140 Å². The van der Waals surface area contributed by atoms with Gasteiger partial charge in [-0.1, -0.05) is 194 Å². The Hall–Kier alpha value is -3.32. The largest absolute Gasteiger partial charge is 0.379 e. The third kappa shape index (κ3) is 11.9. The number of imide groups is 1. The zero-order valence-electron chi connectivity index (χ0n) is 30.5. The van der Waals surface area contributed by atoms with Crippen LogP contribution in [0.5, 0.6) is 0 Å². The predicted molar refractivity (Wildman–Crippen MR) is 202 cm³/mol. The van der Waals surface area contributed by atoms with Crippen LogP contribution in [-0.2, 0) is 24.7 Å². The van der Waals surface area contributed by atoms with E-state index >= 15 is 0 Å². The van der Waals surface area contributed by atoms with Gasteiger partial charge >= 0.3 is 0 Å². The van der Waals surface area contributed by atoms with Crippen LogP contribution in [0.1, 0.15) is 139 Å². The van der Waals surface area contributed by atoms with Crippen molar-refractivity contribution in [2.24, 2.45) is 0 Å². The molecule has 6 heteroatoms. The van der Waals surface area contributed by atoms with Gasteiger partial charge in [0.2, 0.25) is 11.8 Å². The van der Waals surface area contributed by atoms with Crippen LogP contribution in [0.25, 0.3) is 0 Å². The lowest BCUT2D eigenvalue weighted by atomic mass is 9.80. The molecule has 2 amide bonds. The summed E-state index contributed by atoms with van der Waals surface area (Å²) in [6, 6.07) is 28.3. The molecule has 1 saturated heterocycles. The Kier molecular flexibility index (Phi) is 17.7. The maximum absolute atomic E-state index is 13.0. The van der Waals surface area contributed by atoms with E-state index in [1.54, 1.807) is 0 Å². The highest BCUT2D eigenvalue weighted by atomic mass is 16.6. The third-order valence-corrected chi connectivity index (χ3v) is 10.0. The SMILES string of the molecule is CCCCCCCCCCCCCCCCCCOCC(C(O)OC(c1ccccc1)(c1ccccc1)c1ccccc1)N1C(=O)CCC1=O. The van der Waals surface area contributed by atoms with E-state index < -0.39 is 17.9 Å². The molecular formula is C44H61NO5. The predicted octanol–water partition coefficient (Wildman–Crippen LogP) is 10.1. The minimum atomic E-state index is -1.51. The summed E-state index contributed by atoms with van der Waals surface area (Å²) in [4.78, 5) is 27.1. The van der Waals surface area contributed by atoms with Gasteiger partial charge in [-0.15, -0.1) is 0 Å². The van der Waals surface area contributed by atoms with E-state index in [2.05, 4.69) is 6.92 Å². The number of ether oxygens (including phenoxy) is 2. The Morgan fingerprint density at radius 1 is 0.580 bits per heavy atom. The van der Waals surface area contributed by atoms with Crippen LogP contribution in [-0.4, -0.2) is 47.4 Å². The number of aliphatic hydroxyl groups excluding tert-OH is 1. The first-order valence-electron chi connectivity index (χ1n) is 19.5. The van der Waals surface area contributed by atoms with Crippen LogP contribution in [0, 0.1) is 0 Å². The van der Waals surface area contributed by atoms with Crippen LogP contribution in [0.4, 0.5) is 0 Å². The number of benzene rings is 3. The fraction of sp³-hybridized carbons (Fsp3) is 0.545. The number of rotatable bonds is 26. The number of nitrogens with zero attached hydrogens (tertiary/aromatic N) is 1. The Morgan fingerprint density at radius 3 is 1.32 bits per heavy atom. The molecule has 1 N–H and O–H groups in total. The summed E-state index contributed by atoms with van der Waals surface area (Å²) in [5.74, 6) is -0.614. The highest BCUT2D eigenvalue weighted by molar-refractivity contribution is 6.02. The number of aliphatic hydroxyl groups is 1. The van der Waals surface area contributed by atoms with Crippen molar-refractivity contribution in [2.75, 3.05) is 13.2 Å². The molecule has 0 saturated carbocycles. The molecule has 1 heterocycles. The van der Waals surface area contributed by atoms with Gasteiger partial charge in [-0.05, 0) is 23.1 Å². The maximum Gasteiger partial charge on any atom is 0.230 e. The zero-order chi connectivity index (χ0) is 35.3. The highest BCUT2D eigenvalue weighted by Gasteiger charge is 2.45. The second-order valence-electron chi connectivity index (χ2n) is 13.9. The van der Waals surface area contributed by atoms with Crippen LogP contribution in [0.15, 0.2) is 91.0 Å². The van der Waals surface area contributed by atoms with E-state index in [1.807, 2.05) is 91.0 Å². The average Bonchev–Trinajstić information content (AvgIpc) is 3.49.